The average Bonchev–Trinajstić information content (AvgIpc) is 3.11. The van der Waals surface area contributed by atoms with Crippen LogP contribution in [0.4, 0.5) is 0 Å². The topological polar surface area (TPSA) is 35.6 Å². The molecule has 0 aliphatic carbocycles. The zero-order valence-electron chi connectivity index (χ0n) is 13.7. The van der Waals surface area contributed by atoms with Crippen LogP contribution in [-0.4, -0.2) is 19.6 Å². The highest BCUT2D eigenvalue weighted by Gasteiger charge is 2.15. The first-order valence-electron chi connectivity index (χ1n) is 8.13. The van der Waals surface area contributed by atoms with E-state index >= 15 is 0 Å². The van der Waals surface area contributed by atoms with Gasteiger partial charge in [-0.1, -0.05) is 0 Å². The molecule has 0 spiro atoms. The minimum atomic E-state index is 1.13. The van der Waals surface area contributed by atoms with Gasteiger partial charge in [-0.25, -0.2) is 0 Å². The molecule has 4 heterocycles. The first kappa shape index (κ1) is 14.4. The summed E-state index contributed by atoms with van der Waals surface area (Å²) < 4.78 is 4.32. The third-order valence-electron chi connectivity index (χ3n) is 4.93. The van der Waals surface area contributed by atoms with E-state index in [0.29, 0.717) is 0 Å². The Morgan fingerprint density at radius 3 is 1.67 bits per heavy atom. The van der Waals surface area contributed by atoms with E-state index in [1.807, 2.05) is 0 Å². The van der Waals surface area contributed by atoms with Gasteiger partial charge in [-0.15, -0.1) is 0 Å². The SMILES string of the molecule is Cc1nn2c(c1C)CCC2.Cc1nn2c(c1C)CCCC2. The number of hydrogen-bond acceptors (Lipinski definition) is 2. The monoisotopic (exact) mass is 286 g/mol. The number of rotatable bonds is 0. The first-order chi connectivity index (χ1) is 10.1. The Balaban J connectivity index is 0.000000126. The molecule has 0 atom stereocenters. The van der Waals surface area contributed by atoms with Gasteiger partial charge in [-0.05, 0) is 70.9 Å². The van der Waals surface area contributed by atoms with Crippen LogP contribution in [0.3, 0.4) is 0 Å². The molecule has 2 aliphatic heterocycles. The summed E-state index contributed by atoms with van der Waals surface area (Å²) in [5, 5.41) is 8.87. The Kier molecular flexibility index (Phi) is 3.87. The Bertz CT molecular complexity index is 648. The molecule has 0 bridgehead atoms. The van der Waals surface area contributed by atoms with Gasteiger partial charge in [0.05, 0.1) is 11.4 Å². The van der Waals surface area contributed by atoms with Gasteiger partial charge in [0.15, 0.2) is 0 Å². The van der Waals surface area contributed by atoms with Gasteiger partial charge in [0, 0.05) is 24.5 Å². The Labute approximate surface area is 127 Å². The molecular weight excluding hydrogens is 260 g/mol. The number of hydrogen-bond donors (Lipinski definition) is 0. The van der Waals surface area contributed by atoms with E-state index < -0.39 is 0 Å². The summed E-state index contributed by atoms with van der Waals surface area (Å²) in [5.41, 5.74) is 8.14. The quantitative estimate of drug-likeness (QED) is 0.745. The lowest BCUT2D eigenvalue weighted by atomic mass is 10.1. The molecule has 2 aromatic heterocycles. The smallest absolute Gasteiger partial charge is 0.0625 e. The van der Waals surface area contributed by atoms with Crippen molar-refractivity contribution in [1.82, 2.24) is 19.6 Å². The summed E-state index contributed by atoms with van der Waals surface area (Å²) in [7, 11) is 0. The van der Waals surface area contributed by atoms with E-state index in [4.69, 9.17) is 0 Å². The molecule has 2 aromatic rings. The summed E-state index contributed by atoms with van der Waals surface area (Å²) in [6.45, 7) is 10.8. The van der Waals surface area contributed by atoms with Crippen LogP contribution in [0.5, 0.6) is 0 Å². The molecule has 114 valence electrons. The van der Waals surface area contributed by atoms with Crippen molar-refractivity contribution in [1.29, 1.82) is 0 Å². The van der Waals surface area contributed by atoms with E-state index in [1.54, 1.807) is 0 Å². The number of nitrogens with zero attached hydrogens (tertiary/aromatic N) is 4. The maximum Gasteiger partial charge on any atom is 0.0625 e. The van der Waals surface area contributed by atoms with E-state index in [2.05, 4.69) is 47.3 Å². The van der Waals surface area contributed by atoms with Crippen molar-refractivity contribution in [3.8, 4) is 0 Å². The second kappa shape index (κ2) is 5.66. The Morgan fingerprint density at radius 2 is 1.14 bits per heavy atom. The summed E-state index contributed by atoms with van der Waals surface area (Å²) in [6, 6.07) is 0. The molecule has 0 N–H and O–H groups in total. The van der Waals surface area contributed by atoms with E-state index in [0.717, 1.165) is 13.1 Å². The molecule has 0 radical (unpaired) electrons. The van der Waals surface area contributed by atoms with Gasteiger partial charge >= 0.3 is 0 Å². The lowest BCUT2D eigenvalue weighted by molar-refractivity contribution is 0.483. The van der Waals surface area contributed by atoms with Crippen LogP contribution in [0, 0.1) is 27.7 Å². The first-order valence-corrected chi connectivity index (χ1v) is 8.13. The largest absolute Gasteiger partial charge is 0.269 e. The highest BCUT2D eigenvalue weighted by atomic mass is 15.3. The minimum Gasteiger partial charge on any atom is -0.269 e. The lowest BCUT2D eigenvalue weighted by Crippen LogP contribution is -2.11. The van der Waals surface area contributed by atoms with E-state index in [1.165, 1.54) is 66.0 Å². The van der Waals surface area contributed by atoms with Crippen LogP contribution in [0.25, 0.3) is 0 Å². The molecule has 21 heavy (non-hydrogen) atoms. The third kappa shape index (κ3) is 2.63. The van der Waals surface area contributed by atoms with Gasteiger partial charge in [0.2, 0.25) is 0 Å². The predicted octanol–water partition coefficient (Wildman–Crippen LogP) is 3.28. The fourth-order valence-corrected chi connectivity index (χ4v) is 3.39. The molecule has 4 nitrogen and oxygen atoms in total. The molecule has 0 saturated heterocycles. The fourth-order valence-electron chi connectivity index (χ4n) is 3.39. The zero-order valence-corrected chi connectivity index (χ0v) is 13.7. The van der Waals surface area contributed by atoms with Crippen molar-refractivity contribution in [3.63, 3.8) is 0 Å². The number of fused-ring (bicyclic) bond motifs is 2. The normalized spacial score (nSPS) is 16.2. The fraction of sp³-hybridized carbons (Fsp3) is 0.647. The van der Waals surface area contributed by atoms with Crippen LogP contribution < -0.4 is 0 Å². The Morgan fingerprint density at radius 1 is 0.667 bits per heavy atom. The van der Waals surface area contributed by atoms with Crippen LogP contribution in [-0.2, 0) is 25.9 Å². The lowest BCUT2D eigenvalue weighted by Gasteiger charge is -2.13. The van der Waals surface area contributed by atoms with Gasteiger partial charge in [0.1, 0.15) is 0 Å². The number of aromatic nitrogens is 4. The molecule has 4 rings (SSSR count). The van der Waals surface area contributed by atoms with Crippen LogP contribution in [0.2, 0.25) is 0 Å². The van der Waals surface area contributed by atoms with Crippen molar-refractivity contribution in [2.45, 2.75) is 72.9 Å². The van der Waals surface area contributed by atoms with Gasteiger partial charge in [-0.3, -0.25) is 9.36 Å². The molecule has 4 heteroatoms. The minimum absolute atomic E-state index is 1.13. The molecule has 0 fully saturated rings. The maximum absolute atomic E-state index is 4.47. The highest BCUT2D eigenvalue weighted by molar-refractivity contribution is 5.25. The van der Waals surface area contributed by atoms with Crippen molar-refractivity contribution in [3.05, 3.63) is 33.9 Å². The summed E-state index contributed by atoms with van der Waals surface area (Å²) >= 11 is 0. The molecule has 0 amide bonds. The van der Waals surface area contributed by atoms with Crippen LogP contribution in [0.15, 0.2) is 0 Å². The predicted molar refractivity (Wildman–Crippen MR) is 84.7 cm³/mol. The molecule has 2 aliphatic rings. The molecular formula is C17H26N4. The van der Waals surface area contributed by atoms with Crippen molar-refractivity contribution >= 4 is 0 Å². The van der Waals surface area contributed by atoms with Gasteiger partial charge in [0.25, 0.3) is 0 Å². The zero-order chi connectivity index (χ0) is 15.0. The molecule has 0 saturated carbocycles. The average molecular weight is 286 g/mol. The van der Waals surface area contributed by atoms with Crippen molar-refractivity contribution in [2.24, 2.45) is 0 Å². The second-order valence-electron chi connectivity index (χ2n) is 6.32. The molecule has 0 unspecified atom stereocenters. The second-order valence-corrected chi connectivity index (χ2v) is 6.32. The van der Waals surface area contributed by atoms with Crippen molar-refractivity contribution in [2.75, 3.05) is 0 Å². The van der Waals surface area contributed by atoms with Crippen LogP contribution in [0.1, 0.15) is 53.2 Å². The third-order valence-corrected chi connectivity index (χ3v) is 4.93. The van der Waals surface area contributed by atoms with Gasteiger partial charge in [-0.2, -0.15) is 10.2 Å². The van der Waals surface area contributed by atoms with E-state index in [-0.39, 0.29) is 0 Å². The number of aryl methyl sites for hydroxylation is 4. The van der Waals surface area contributed by atoms with Gasteiger partial charge < -0.3 is 0 Å². The van der Waals surface area contributed by atoms with Crippen LogP contribution >= 0.6 is 0 Å². The maximum atomic E-state index is 4.47. The standard InChI is InChI=1S/C9H14N2.C8H12N2/c1-7-8(2)10-11-6-4-3-5-9(7)11;1-6-7(2)9-10-5-3-4-8(6)10/h3-6H2,1-2H3;3-5H2,1-2H3. The summed E-state index contributed by atoms with van der Waals surface area (Å²) in [6.07, 6.45) is 6.38. The van der Waals surface area contributed by atoms with Crippen molar-refractivity contribution < 1.29 is 0 Å². The highest BCUT2D eigenvalue weighted by Crippen LogP contribution is 2.20. The summed E-state index contributed by atoms with van der Waals surface area (Å²) in [4.78, 5) is 0. The Hall–Kier alpha value is -1.58. The summed E-state index contributed by atoms with van der Waals surface area (Å²) in [5.74, 6) is 0. The van der Waals surface area contributed by atoms with E-state index in [9.17, 15) is 0 Å². The molecule has 0 aromatic carbocycles.